The van der Waals surface area contributed by atoms with Crippen LogP contribution in [0.3, 0.4) is 0 Å². The van der Waals surface area contributed by atoms with Crippen LogP contribution in [0.1, 0.15) is 29.5 Å². The van der Waals surface area contributed by atoms with Crippen LogP contribution in [-0.2, 0) is 19.9 Å². The Morgan fingerprint density at radius 2 is 1.84 bits per heavy atom. The molecule has 3 amide bonds. The number of carbonyl (C=O) groups excluding carboxylic acids is 3. The largest absolute Gasteiger partial charge is 0.324 e. The lowest BCUT2D eigenvalue weighted by Crippen LogP contribution is -2.54. The molecule has 4 heterocycles. The van der Waals surface area contributed by atoms with Crippen molar-refractivity contribution in [3.8, 4) is 0 Å². The summed E-state index contributed by atoms with van der Waals surface area (Å²) in [5, 5.41) is 3.73. The van der Waals surface area contributed by atoms with E-state index in [9.17, 15) is 14.4 Å². The van der Waals surface area contributed by atoms with Gasteiger partial charge in [0.15, 0.2) is 0 Å². The molecule has 1 N–H and O–H groups in total. The molecule has 8 heteroatoms. The summed E-state index contributed by atoms with van der Waals surface area (Å²) in [6.45, 7) is 4.65. The highest BCUT2D eigenvalue weighted by molar-refractivity contribution is 6.38. The first-order chi connectivity index (χ1) is 15.3. The molecule has 0 saturated carbocycles. The summed E-state index contributed by atoms with van der Waals surface area (Å²) in [6.07, 6.45) is 1.66. The minimum absolute atomic E-state index is 0.161. The van der Waals surface area contributed by atoms with Crippen molar-refractivity contribution < 1.29 is 14.4 Å². The zero-order valence-corrected chi connectivity index (χ0v) is 19.1. The molecule has 4 aliphatic rings. The van der Waals surface area contributed by atoms with Crippen LogP contribution in [0, 0.1) is 25.7 Å². The minimum Gasteiger partial charge on any atom is -0.324 e. The van der Waals surface area contributed by atoms with Crippen molar-refractivity contribution in [2.45, 2.75) is 38.3 Å². The van der Waals surface area contributed by atoms with Gasteiger partial charge in [-0.2, -0.15) is 0 Å². The molecule has 0 bridgehead atoms. The van der Waals surface area contributed by atoms with E-state index in [2.05, 4.69) is 10.2 Å². The lowest BCUT2D eigenvalue weighted by atomic mass is 9.75. The molecule has 6 rings (SSSR count). The number of amides is 3. The molecule has 164 valence electrons. The molecule has 3 saturated heterocycles. The number of hydrogen-bond acceptors (Lipinski definition) is 4. The molecule has 0 radical (unpaired) electrons. The van der Waals surface area contributed by atoms with Gasteiger partial charge < -0.3 is 5.32 Å². The first-order valence-corrected chi connectivity index (χ1v) is 11.6. The topological polar surface area (TPSA) is 69.7 Å². The summed E-state index contributed by atoms with van der Waals surface area (Å²) in [6, 6.07) is 8.50. The molecular formula is C24H21Cl2N3O3. The fraction of sp³-hybridized carbons (Fsp3) is 0.375. The van der Waals surface area contributed by atoms with Gasteiger partial charge in [-0.25, -0.2) is 4.90 Å². The lowest BCUT2D eigenvalue weighted by Gasteiger charge is -2.36. The Kier molecular flexibility index (Phi) is 4.15. The van der Waals surface area contributed by atoms with Gasteiger partial charge in [0, 0.05) is 22.3 Å². The fourth-order valence-electron chi connectivity index (χ4n) is 6.42. The fourth-order valence-corrected chi connectivity index (χ4v) is 6.91. The Bertz CT molecular complexity index is 1250. The number of nitrogens with zero attached hydrogens (tertiary/aromatic N) is 2. The van der Waals surface area contributed by atoms with Gasteiger partial charge in [-0.05, 0) is 62.6 Å². The third-order valence-corrected chi connectivity index (χ3v) is 8.39. The van der Waals surface area contributed by atoms with E-state index in [-0.39, 0.29) is 28.8 Å². The van der Waals surface area contributed by atoms with Gasteiger partial charge >= 0.3 is 0 Å². The number of anilines is 2. The van der Waals surface area contributed by atoms with Gasteiger partial charge in [0.05, 0.1) is 22.5 Å². The van der Waals surface area contributed by atoms with Crippen LogP contribution in [-0.4, -0.2) is 35.2 Å². The molecule has 6 nitrogen and oxygen atoms in total. The van der Waals surface area contributed by atoms with Crippen LogP contribution >= 0.6 is 23.2 Å². The van der Waals surface area contributed by atoms with E-state index >= 15 is 0 Å². The molecule has 2 aromatic carbocycles. The second-order valence-corrected chi connectivity index (χ2v) is 10.0. The number of benzene rings is 2. The van der Waals surface area contributed by atoms with E-state index in [1.54, 1.807) is 12.1 Å². The number of fused-ring (bicyclic) bond motifs is 7. The Labute approximate surface area is 195 Å². The van der Waals surface area contributed by atoms with Crippen molar-refractivity contribution in [3.05, 3.63) is 57.1 Å². The van der Waals surface area contributed by atoms with E-state index in [1.807, 2.05) is 26.0 Å². The second-order valence-electron chi connectivity index (χ2n) is 9.16. The maximum atomic E-state index is 13.9. The number of nitrogens with one attached hydrogen (secondary N) is 1. The number of rotatable bonds is 1. The van der Waals surface area contributed by atoms with E-state index in [1.165, 1.54) is 11.0 Å². The number of imide groups is 1. The van der Waals surface area contributed by atoms with Crippen molar-refractivity contribution in [1.29, 1.82) is 0 Å². The SMILES string of the molecule is Cc1ccc2c(c1C)NC(=O)[C@@]21[C@H]2C(=O)N(c3ccc(Cl)cc3Cl)C(=O)[C@@H]2[C@H]2CCCN21. The molecule has 32 heavy (non-hydrogen) atoms. The maximum Gasteiger partial charge on any atom is 0.250 e. The Morgan fingerprint density at radius 1 is 1.06 bits per heavy atom. The quantitative estimate of drug-likeness (QED) is 0.639. The second kappa shape index (κ2) is 6.56. The predicted molar refractivity (Wildman–Crippen MR) is 122 cm³/mol. The average Bonchev–Trinajstić information content (AvgIpc) is 3.45. The first kappa shape index (κ1) is 20.2. The summed E-state index contributed by atoms with van der Waals surface area (Å²) in [5.74, 6) is -2.26. The Morgan fingerprint density at radius 3 is 2.59 bits per heavy atom. The van der Waals surface area contributed by atoms with Crippen molar-refractivity contribution >= 4 is 52.3 Å². The molecule has 4 aliphatic heterocycles. The highest BCUT2D eigenvalue weighted by atomic mass is 35.5. The summed E-state index contributed by atoms with van der Waals surface area (Å²) < 4.78 is 0. The first-order valence-electron chi connectivity index (χ1n) is 10.8. The zero-order valence-electron chi connectivity index (χ0n) is 17.6. The van der Waals surface area contributed by atoms with Gasteiger partial charge in [0.2, 0.25) is 17.7 Å². The van der Waals surface area contributed by atoms with E-state index in [0.717, 1.165) is 35.2 Å². The molecule has 1 spiro atoms. The molecule has 3 fully saturated rings. The number of hydrogen-bond donors (Lipinski definition) is 1. The van der Waals surface area contributed by atoms with Crippen LogP contribution in [0.2, 0.25) is 10.0 Å². The van der Waals surface area contributed by atoms with Crippen molar-refractivity contribution in [2.75, 3.05) is 16.8 Å². The van der Waals surface area contributed by atoms with Crippen LogP contribution in [0.15, 0.2) is 30.3 Å². The third-order valence-electron chi connectivity index (χ3n) is 7.85. The smallest absolute Gasteiger partial charge is 0.250 e. The van der Waals surface area contributed by atoms with E-state index in [4.69, 9.17) is 23.2 Å². The molecule has 2 aromatic rings. The van der Waals surface area contributed by atoms with E-state index in [0.29, 0.717) is 17.3 Å². The molecule has 0 unspecified atom stereocenters. The van der Waals surface area contributed by atoms with Gasteiger partial charge in [-0.15, -0.1) is 0 Å². The number of halogens is 2. The predicted octanol–water partition coefficient (Wildman–Crippen LogP) is 4.04. The Balaban J connectivity index is 1.57. The monoisotopic (exact) mass is 469 g/mol. The summed E-state index contributed by atoms with van der Waals surface area (Å²) in [7, 11) is 0. The van der Waals surface area contributed by atoms with Gasteiger partial charge in [0.1, 0.15) is 5.54 Å². The van der Waals surface area contributed by atoms with Gasteiger partial charge in [-0.1, -0.05) is 35.3 Å². The number of aryl methyl sites for hydroxylation is 1. The summed E-state index contributed by atoms with van der Waals surface area (Å²) in [5.41, 5.74) is 2.76. The Hall–Kier alpha value is -2.41. The third kappa shape index (κ3) is 2.23. The van der Waals surface area contributed by atoms with Crippen LogP contribution in [0.5, 0.6) is 0 Å². The minimum atomic E-state index is -1.18. The van der Waals surface area contributed by atoms with Crippen molar-refractivity contribution in [3.63, 3.8) is 0 Å². The van der Waals surface area contributed by atoms with Crippen LogP contribution in [0.25, 0.3) is 0 Å². The van der Waals surface area contributed by atoms with Crippen molar-refractivity contribution in [2.24, 2.45) is 11.8 Å². The molecule has 0 aliphatic carbocycles. The molecule has 4 atom stereocenters. The maximum absolute atomic E-state index is 13.9. The molecule has 0 aromatic heterocycles. The van der Waals surface area contributed by atoms with Crippen molar-refractivity contribution in [1.82, 2.24) is 4.90 Å². The standard InChI is InChI=1S/C24H21Cl2N3O3/c1-11-5-7-14-20(12(11)2)27-23(32)24(14)19-18(17-4-3-9-28(17)24)21(30)29(22(19)31)16-8-6-13(25)10-15(16)26/h5-8,10,17-19H,3-4,9H2,1-2H3,(H,27,32)/t17-,18-,19-,24+/m1/s1. The normalized spacial score (nSPS) is 30.8. The van der Waals surface area contributed by atoms with E-state index < -0.39 is 17.4 Å². The van der Waals surface area contributed by atoms with Crippen LogP contribution in [0.4, 0.5) is 11.4 Å². The highest BCUT2D eigenvalue weighted by Crippen LogP contribution is 2.61. The van der Waals surface area contributed by atoms with Gasteiger partial charge in [-0.3, -0.25) is 19.3 Å². The van der Waals surface area contributed by atoms with Gasteiger partial charge in [0.25, 0.3) is 0 Å². The zero-order chi connectivity index (χ0) is 22.5. The lowest BCUT2D eigenvalue weighted by molar-refractivity contribution is -0.135. The summed E-state index contributed by atoms with van der Waals surface area (Å²) >= 11 is 12.4. The average molecular weight is 470 g/mol. The highest BCUT2D eigenvalue weighted by Gasteiger charge is 2.74. The number of carbonyl (C=O) groups is 3. The summed E-state index contributed by atoms with van der Waals surface area (Å²) in [4.78, 5) is 44.7. The van der Waals surface area contributed by atoms with Crippen LogP contribution < -0.4 is 10.2 Å². The molecular weight excluding hydrogens is 449 g/mol.